The minimum atomic E-state index is -0.782. The van der Waals surface area contributed by atoms with Crippen molar-refractivity contribution in [2.24, 2.45) is 0 Å². The van der Waals surface area contributed by atoms with Crippen LogP contribution >= 0.6 is 22.6 Å². The van der Waals surface area contributed by atoms with Gasteiger partial charge < -0.3 is 5.32 Å². The third-order valence-electron chi connectivity index (χ3n) is 4.38. The summed E-state index contributed by atoms with van der Waals surface area (Å²) in [5, 5.41) is 6.66. The molecule has 0 bridgehead atoms. The summed E-state index contributed by atoms with van der Waals surface area (Å²) in [6.45, 7) is -0.400. The monoisotopic (exact) mass is 509 g/mol. The molecule has 0 saturated heterocycles. The molecule has 1 saturated carbocycles. The van der Waals surface area contributed by atoms with Crippen LogP contribution in [0, 0.1) is 15.2 Å². The van der Waals surface area contributed by atoms with E-state index in [-0.39, 0.29) is 11.7 Å². The number of anilines is 1. The number of carbonyl (C=O) groups is 1. The summed E-state index contributed by atoms with van der Waals surface area (Å²) in [5.74, 6) is -1.95. The molecule has 0 spiro atoms. The van der Waals surface area contributed by atoms with Crippen LogP contribution in [0.5, 0.6) is 0 Å². The van der Waals surface area contributed by atoms with Crippen LogP contribution in [-0.4, -0.2) is 25.7 Å². The number of nitrogens with zero attached hydrogens (tertiary/aromatic N) is 4. The predicted octanol–water partition coefficient (Wildman–Crippen LogP) is 3.10. The van der Waals surface area contributed by atoms with Gasteiger partial charge in [-0.25, -0.2) is 23.4 Å². The van der Waals surface area contributed by atoms with E-state index in [9.17, 15) is 18.4 Å². The molecule has 1 fully saturated rings. The molecule has 7 nitrogen and oxygen atoms in total. The zero-order chi connectivity index (χ0) is 20.5. The second kappa shape index (κ2) is 7.93. The largest absolute Gasteiger partial charge is 0.307 e. The van der Waals surface area contributed by atoms with Crippen molar-refractivity contribution in [3.05, 3.63) is 68.0 Å². The van der Waals surface area contributed by atoms with Gasteiger partial charge in [-0.1, -0.05) is 0 Å². The summed E-state index contributed by atoms with van der Waals surface area (Å²) in [6.07, 6.45) is 3.84. The zero-order valence-electron chi connectivity index (χ0n) is 14.9. The first-order chi connectivity index (χ1) is 13.9. The second-order valence-corrected chi connectivity index (χ2v) is 7.88. The number of rotatable bonds is 5. The summed E-state index contributed by atoms with van der Waals surface area (Å²) >= 11 is 2.01. The molecular weight excluding hydrogens is 495 g/mol. The molecule has 1 amide bonds. The van der Waals surface area contributed by atoms with Crippen LogP contribution in [0.15, 0.2) is 41.6 Å². The van der Waals surface area contributed by atoms with E-state index in [0.717, 1.165) is 30.0 Å². The maximum Gasteiger partial charge on any atom is 0.267 e. The van der Waals surface area contributed by atoms with Crippen LogP contribution < -0.4 is 10.9 Å². The molecule has 0 unspecified atom stereocenters. The van der Waals surface area contributed by atoms with Crippen molar-refractivity contribution in [2.75, 3.05) is 5.32 Å². The molecule has 3 aromatic rings. The minimum absolute atomic E-state index is 0.153. The number of benzene rings is 1. The van der Waals surface area contributed by atoms with Crippen molar-refractivity contribution < 1.29 is 13.6 Å². The Bertz CT molecular complexity index is 1140. The Morgan fingerprint density at radius 1 is 1.24 bits per heavy atom. The smallest absolute Gasteiger partial charge is 0.267 e. The minimum Gasteiger partial charge on any atom is -0.307 e. The Balaban J connectivity index is 1.65. The van der Waals surface area contributed by atoms with Crippen molar-refractivity contribution in [1.82, 2.24) is 19.7 Å². The molecule has 2 aromatic heterocycles. The fourth-order valence-electron chi connectivity index (χ4n) is 2.93. The highest BCUT2D eigenvalue weighted by molar-refractivity contribution is 14.1. The topological polar surface area (TPSA) is 89.8 Å². The Morgan fingerprint density at radius 2 is 2.03 bits per heavy atom. The van der Waals surface area contributed by atoms with Gasteiger partial charge in [-0.3, -0.25) is 9.59 Å². The van der Waals surface area contributed by atoms with Gasteiger partial charge in [0.2, 0.25) is 5.91 Å². The van der Waals surface area contributed by atoms with Crippen LogP contribution in [-0.2, 0) is 11.3 Å². The summed E-state index contributed by atoms with van der Waals surface area (Å²) in [6, 6.07) is 5.90. The standard InChI is InChI=1S/C19H14F2IN5O2/c20-12-3-11(4-13(22)5-12)14-6-17(29)27(26-18(14)10-1-2-10)8-16(28)25-19-15(21)7-23-9-24-19/h3-7,9-10H,1-2,8H2,(H,23,24,25,28). The van der Waals surface area contributed by atoms with Gasteiger partial charge in [-0.15, -0.1) is 0 Å². The van der Waals surface area contributed by atoms with Gasteiger partial charge in [0.1, 0.15) is 18.7 Å². The number of hydrogen-bond donors (Lipinski definition) is 1. The maximum atomic E-state index is 13.9. The lowest BCUT2D eigenvalue weighted by atomic mass is 10.0. The molecule has 0 aliphatic heterocycles. The van der Waals surface area contributed by atoms with E-state index in [1.54, 1.807) is 6.07 Å². The molecule has 1 aromatic carbocycles. The number of hydrogen-bond acceptors (Lipinski definition) is 5. The number of aromatic nitrogens is 4. The Morgan fingerprint density at radius 3 is 2.72 bits per heavy atom. The number of nitrogens with one attached hydrogen (secondary N) is 1. The van der Waals surface area contributed by atoms with Gasteiger partial charge >= 0.3 is 0 Å². The summed E-state index contributed by atoms with van der Waals surface area (Å²) in [4.78, 5) is 32.0. The molecule has 4 rings (SSSR count). The lowest BCUT2D eigenvalue weighted by Crippen LogP contribution is -2.30. The first-order valence-electron chi connectivity index (χ1n) is 8.74. The highest BCUT2D eigenvalue weighted by atomic mass is 127. The fraction of sp³-hybridized carbons (Fsp3) is 0.211. The van der Waals surface area contributed by atoms with Gasteiger partial charge in [-0.2, -0.15) is 5.10 Å². The Labute approximate surface area is 177 Å². The molecule has 10 heteroatoms. The van der Waals surface area contributed by atoms with E-state index in [1.807, 2.05) is 22.6 Å². The van der Waals surface area contributed by atoms with E-state index in [0.29, 0.717) is 20.4 Å². The highest BCUT2D eigenvalue weighted by Gasteiger charge is 2.29. The molecule has 0 radical (unpaired) electrons. The average molecular weight is 509 g/mol. The van der Waals surface area contributed by atoms with Gasteiger partial charge in [-0.05, 0) is 59.2 Å². The van der Waals surface area contributed by atoms with Crippen molar-refractivity contribution in [3.8, 4) is 11.1 Å². The SMILES string of the molecule is O=C(Cn1nc(C2CC2)c(-c2cc(F)cc(I)c2)cc1=O)Nc1ncncc1F. The van der Waals surface area contributed by atoms with E-state index in [1.165, 1.54) is 18.2 Å². The van der Waals surface area contributed by atoms with Crippen LogP contribution in [0.3, 0.4) is 0 Å². The zero-order valence-corrected chi connectivity index (χ0v) is 17.1. The second-order valence-electron chi connectivity index (χ2n) is 6.64. The van der Waals surface area contributed by atoms with E-state index < -0.39 is 29.6 Å². The summed E-state index contributed by atoms with van der Waals surface area (Å²) in [7, 11) is 0. The number of amides is 1. The summed E-state index contributed by atoms with van der Waals surface area (Å²) in [5.41, 5.74) is 1.27. The third-order valence-corrected chi connectivity index (χ3v) is 5.01. The van der Waals surface area contributed by atoms with E-state index in [2.05, 4.69) is 20.4 Å². The highest BCUT2D eigenvalue weighted by Crippen LogP contribution is 2.43. The van der Waals surface area contributed by atoms with Crippen molar-refractivity contribution in [2.45, 2.75) is 25.3 Å². The first-order valence-corrected chi connectivity index (χ1v) is 9.82. The van der Waals surface area contributed by atoms with E-state index in [4.69, 9.17) is 0 Å². The molecular formula is C19H14F2IN5O2. The van der Waals surface area contributed by atoms with Gasteiger partial charge in [0.15, 0.2) is 11.6 Å². The third kappa shape index (κ3) is 4.47. The molecule has 1 aliphatic rings. The van der Waals surface area contributed by atoms with Gasteiger partial charge in [0.25, 0.3) is 5.56 Å². The molecule has 148 valence electrons. The van der Waals surface area contributed by atoms with Crippen molar-refractivity contribution >= 4 is 34.3 Å². The van der Waals surface area contributed by atoms with Crippen LogP contribution in [0.2, 0.25) is 0 Å². The predicted molar refractivity (Wildman–Crippen MR) is 109 cm³/mol. The molecule has 2 heterocycles. The van der Waals surface area contributed by atoms with Crippen LogP contribution in [0.25, 0.3) is 11.1 Å². The molecule has 1 aliphatic carbocycles. The van der Waals surface area contributed by atoms with E-state index >= 15 is 0 Å². The first kappa shape index (κ1) is 19.6. The number of halogens is 3. The maximum absolute atomic E-state index is 13.9. The van der Waals surface area contributed by atoms with Gasteiger partial charge in [0.05, 0.1) is 11.9 Å². The molecule has 1 N–H and O–H groups in total. The Hall–Kier alpha value is -2.76. The molecule has 0 atom stereocenters. The summed E-state index contributed by atoms with van der Waals surface area (Å²) < 4.78 is 29.2. The Kier molecular flexibility index (Phi) is 5.35. The normalized spacial score (nSPS) is 13.3. The quantitative estimate of drug-likeness (QED) is 0.535. The fourth-order valence-corrected chi connectivity index (χ4v) is 3.56. The van der Waals surface area contributed by atoms with Crippen LogP contribution in [0.1, 0.15) is 24.5 Å². The number of carbonyl (C=O) groups excluding carboxylic acids is 1. The molecule has 29 heavy (non-hydrogen) atoms. The lowest BCUT2D eigenvalue weighted by molar-refractivity contribution is -0.117. The van der Waals surface area contributed by atoms with Crippen LogP contribution in [0.4, 0.5) is 14.6 Å². The van der Waals surface area contributed by atoms with Crippen molar-refractivity contribution in [3.63, 3.8) is 0 Å². The average Bonchev–Trinajstić information content (AvgIpc) is 3.49. The van der Waals surface area contributed by atoms with Crippen molar-refractivity contribution in [1.29, 1.82) is 0 Å². The lowest BCUT2D eigenvalue weighted by Gasteiger charge is -2.12. The van der Waals surface area contributed by atoms with Gasteiger partial charge in [0, 0.05) is 21.1 Å².